The Bertz CT molecular complexity index is 568. The van der Waals surface area contributed by atoms with Gasteiger partial charge in [0.2, 0.25) is 5.91 Å². The number of ether oxygens (including phenoxy) is 1. The van der Waals surface area contributed by atoms with E-state index >= 15 is 0 Å². The second kappa shape index (κ2) is 4.72. The first-order valence-corrected chi connectivity index (χ1v) is 5.79. The van der Waals surface area contributed by atoms with E-state index in [0.717, 1.165) is 0 Å². The molecule has 1 aliphatic rings. The van der Waals surface area contributed by atoms with E-state index in [-0.39, 0.29) is 6.54 Å². The molecule has 0 aromatic heterocycles. The van der Waals surface area contributed by atoms with Crippen molar-refractivity contribution >= 4 is 23.3 Å². The van der Waals surface area contributed by atoms with Crippen molar-refractivity contribution in [2.24, 2.45) is 11.7 Å². The quantitative estimate of drug-likeness (QED) is 0.792. The predicted octanol–water partition coefficient (Wildman–Crippen LogP) is 0.346. The standard InChI is InChI=1S/C13H14N2O4/c1-7(12(14)17)6-15-10-5-8(19-2)3-4-9(10)11(16)13(15)18/h3-5,7H,6H2,1-2H3,(H2,14,17). The van der Waals surface area contributed by atoms with Crippen LogP contribution in [0.15, 0.2) is 18.2 Å². The van der Waals surface area contributed by atoms with Crippen LogP contribution in [0.4, 0.5) is 5.69 Å². The minimum Gasteiger partial charge on any atom is -0.497 e. The fraction of sp³-hybridized carbons (Fsp3) is 0.308. The number of carbonyl (C=O) groups is 3. The molecule has 2 N–H and O–H groups in total. The smallest absolute Gasteiger partial charge is 0.299 e. The highest BCUT2D eigenvalue weighted by Crippen LogP contribution is 2.32. The Morgan fingerprint density at radius 3 is 2.68 bits per heavy atom. The van der Waals surface area contributed by atoms with Gasteiger partial charge in [0.25, 0.3) is 11.7 Å². The van der Waals surface area contributed by atoms with Crippen molar-refractivity contribution in [3.05, 3.63) is 23.8 Å². The zero-order valence-corrected chi connectivity index (χ0v) is 10.7. The van der Waals surface area contributed by atoms with E-state index in [1.165, 1.54) is 12.0 Å². The molecule has 2 rings (SSSR count). The van der Waals surface area contributed by atoms with Crippen molar-refractivity contribution in [1.82, 2.24) is 0 Å². The topological polar surface area (TPSA) is 89.7 Å². The van der Waals surface area contributed by atoms with Gasteiger partial charge in [-0.2, -0.15) is 0 Å². The van der Waals surface area contributed by atoms with Gasteiger partial charge in [-0.1, -0.05) is 6.92 Å². The maximum Gasteiger partial charge on any atom is 0.299 e. The van der Waals surface area contributed by atoms with Crippen LogP contribution in [0, 0.1) is 5.92 Å². The molecule has 0 fully saturated rings. The van der Waals surface area contributed by atoms with Crippen LogP contribution in [0.5, 0.6) is 5.75 Å². The molecule has 1 atom stereocenters. The zero-order valence-electron chi connectivity index (χ0n) is 10.7. The SMILES string of the molecule is COc1ccc2c(c1)N(CC(C)C(N)=O)C(=O)C2=O. The number of hydrogen-bond donors (Lipinski definition) is 1. The number of Topliss-reactive ketones (excluding diaryl/α,β-unsaturated/α-hetero) is 1. The summed E-state index contributed by atoms with van der Waals surface area (Å²) < 4.78 is 5.07. The minimum absolute atomic E-state index is 0.0834. The Labute approximate surface area is 110 Å². The largest absolute Gasteiger partial charge is 0.497 e. The van der Waals surface area contributed by atoms with Crippen molar-refractivity contribution in [3.63, 3.8) is 0 Å². The number of amides is 2. The van der Waals surface area contributed by atoms with Crippen LogP contribution in [0.2, 0.25) is 0 Å². The van der Waals surface area contributed by atoms with E-state index in [9.17, 15) is 14.4 Å². The molecule has 0 radical (unpaired) electrons. The molecule has 6 nitrogen and oxygen atoms in total. The minimum atomic E-state index is -0.642. The first-order valence-electron chi connectivity index (χ1n) is 5.79. The molecule has 100 valence electrons. The molecular formula is C13H14N2O4. The lowest BCUT2D eigenvalue weighted by atomic mass is 10.1. The summed E-state index contributed by atoms with van der Waals surface area (Å²) in [4.78, 5) is 36.1. The third-order valence-corrected chi connectivity index (χ3v) is 3.12. The molecule has 0 saturated carbocycles. The van der Waals surface area contributed by atoms with E-state index in [4.69, 9.17) is 10.5 Å². The predicted molar refractivity (Wildman–Crippen MR) is 68.0 cm³/mol. The van der Waals surface area contributed by atoms with E-state index in [0.29, 0.717) is 17.0 Å². The highest BCUT2D eigenvalue weighted by molar-refractivity contribution is 6.52. The van der Waals surface area contributed by atoms with Crippen molar-refractivity contribution in [2.75, 3.05) is 18.6 Å². The molecule has 1 unspecified atom stereocenters. The maximum absolute atomic E-state index is 11.9. The average Bonchev–Trinajstić information content (AvgIpc) is 2.63. The monoisotopic (exact) mass is 262 g/mol. The van der Waals surface area contributed by atoms with Crippen LogP contribution in [-0.2, 0) is 9.59 Å². The summed E-state index contributed by atoms with van der Waals surface area (Å²) in [5.41, 5.74) is 5.97. The summed E-state index contributed by atoms with van der Waals surface area (Å²) in [6.07, 6.45) is 0. The van der Waals surface area contributed by atoms with E-state index in [2.05, 4.69) is 0 Å². The number of anilines is 1. The number of nitrogens with two attached hydrogens (primary N) is 1. The van der Waals surface area contributed by atoms with Crippen molar-refractivity contribution < 1.29 is 19.1 Å². The van der Waals surface area contributed by atoms with Gasteiger partial charge in [-0.05, 0) is 12.1 Å². The molecule has 19 heavy (non-hydrogen) atoms. The summed E-state index contributed by atoms with van der Waals surface area (Å²) >= 11 is 0. The molecule has 6 heteroatoms. The van der Waals surface area contributed by atoms with Gasteiger partial charge in [0.1, 0.15) is 5.75 Å². The highest BCUT2D eigenvalue weighted by atomic mass is 16.5. The van der Waals surface area contributed by atoms with Crippen LogP contribution in [0.25, 0.3) is 0 Å². The second-order valence-electron chi connectivity index (χ2n) is 4.43. The first kappa shape index (κ1) is 13.1. The number of carbonyl (C=O) groups excluding carboxylic acids is 3. The van der Waals surface area contributed by atoms with E-state index in [1.807, 2.05) is 0 Å². The third-order valence-electron chi connectivity index (χ3n) is 3.12. The lowest BCUT2D eigenvalue weighted by molar-refractivity contribution is -0.121. The zero-order chi connectivity index (χ0) is 14.2. The number of ketones is 1. The third kappa shape index (κ3) is 2.16. The molecule has 0 spiro atoms. The summed E-state index contributed by atoms with van der Waals surface area (Å²) in [5.74, 6) is -1.73. The van der Waals surface area contributed by atoms with Gasteiger partial charge in [0.05, 0.1) is 24.3 Å². The summed E-state index contributed by atoms with van der Waals surface area (Å²) in [5, 5.41) is 0. The van der Waals surface area contributed by atoms with Gasteiger partial charge in [-0.15, -0.1) is 0 Å². The number of methoxy groups -OCH3 is 1. The summed E-state index contributed by atoms with van der Waals surface area (Å²) in [6.45, 7) is 1.69. The number of benzene rings is 1. The Hall–Kier alpha value is -2.37. The Morgan fingerprint density at radius 2 is 2.11 bits per heavy atom. The van der Waals surface area contributed by atoms with Gasteiger partial charge in [-0.25, -0.2) is 0 Å². The van der Waals surface area contributed by atoms with E-state index < -0.39 is 23.5 Å². The van der Waals surface area contributed by atoms with Crippen LogP contribution >= 0.6 is 0 Å². The Morgan fingerprint density at radius 1 is 1.42 bits per heavy atom. The Kier molecular flexibility index (Phi) is 3.25. The fourth-order valence-corrected chi connectivity index (χ4v) is 1.95. The van der Waals surface area contributed by atoms with Crippen molar-refractivity contribution in [3.8, 4) is 5.75 Å². The number of rotatable bonds is 4. The number of primary amides is 1. The normalized spacial score (nSPS) is 15.4. The highest BCUT2D eigenvalue weighted by Gasteiger charge is 2.37. The fourth-order valence-electron chi connectivity index (χ4n) is 1.95. The molecule has 0 aliphatic carbocycles. The number of hydrogen-bond acceptors (Lipinski definition) is 4. The van der Waals surface area contributed by atoms with Crippen LogP contribution in [0.3, 0.4) is 0 Å². The summed E-state index contributed by atoms with van der Waals surface area (Å²) in [7, 11) is 1.50. The molecule has 1 aliphatic heterocycles. The molecule has 0 saturated heterocycles. The van der Waals surface area contributed by atoms with Gasteiger partial charge in [-0.3, -0.25) is 14.4 Å². The van der Waals surface area contributed by atoms with E-state index in [1.54, 1.807) is 25.1 Å². The molecule has 0 bridgehead atoms. The van der Waals surface area contributed by atoms with Crippen LogP contribution in [0.1, 0.15) is 17.3 Å². The molecule has 1 aromatic rings. The van der Waals surface area contributed by atoms with Gasteiger partial charge in [0.15, 0.2) is 0 Å². The molecule has 1 aromatic carbocycles. The number of nitrogens with zero attached hydrogens (tertiary/aromatic N) is 1. The van der Waals surface area contributed by atoms with Crippen LogP contribution < -0.4 is 15.4 Å². The van der Waals surface area contributed by atoms with Crippen molar-refractivity contribution in [1.29, 1.82) is 0 Å². The lowest BCUT2D eigenvalue weighted by Gasteiger charge is -2.19. The number of fused-ring (bicyclic) bond motifs is 1. The lowest BCUT2D eigenvalue weighted by Crippen LogP contribution is -2.38. The van der Waals surface area contributed by atoms with Gasteiger partial charge in [0, 0.05) is 12.6 Å². The maximum atomic E-state index is 11.9. The van der Waals surface area contributed by atoms with Gasteiger partial charge >= 0.3 is 0 Å². The molecule has 1 heterocycles. The Balaban J connectivity index is 2.39. The summed E-state index contributed by atoms with van der Waals surface area (Å²) in [6, 6.07) is 4.76. The molecular weight excluding hydrogens is 248 g/mol. The van der Waals surface area contributed by atoms with Gasteiger partial charge < -0.3 is 15.4 Å². The first-order chi connectivity index (χ1) is 8.95. The van der Waals surface area contributed by atoms with Crippen molar-refractivity contribution in [2.45, 2.75) is 6.92 Å². The average molecular weight is 262 g/mol. The van der Waals surface area contributed by atoms with Crippen LogP contribution in [-0.4, -0.2) is 31.3 Å². The second-order valence-corrected chi connectivity index (χ2v) is 4.43. The molecule has 2 amide bonds.